The number of hydrogen-bond donors (Lipinski definition) is 2. The lowest BCUT2D eigenvalue weighted by atomic mass is 9.93. The standard InChI is InChI=1S/C22H17F2N3O3S/c23-15-6-5-12-14(19(15)24)11-31-18-4-2-1-3-13(18)20(12)26-9-7-16(25-30)21-22(29)17(28)8-10-27(21)26/h1-6,8,10,20,29-30H,7,9,11H2/t20-/m0/s1. The number of benzene rings is 2. The van der Waals surface area contributed by atoms with E-state index in [0.717, 1.165) is 16.5 Å². The minimum atomic E-state index is -0.904. The monoisotopic (exact) mass is 441 g/mol. The van der Waals surface area contributed by atoms with Gasteiger partial charge in [0.25, 0.3) is 0 Å². The number of fused-ring (bicyclic) bond motifs is 3. The number of aromatic hydroxyl groups is 1. The lowest BCUT2D eigenvalue weighted by molar-refractivity contribution is 0.315. The van der Waals surface area contributed by atoms with Crippen molar-refractivity contribution in [1.82, 2.24) is 4.68 Å². The molecule has 1 aromatic heterocycles. The molecule has 5 rings (SSSR count). The molecule has 9 heteroatoms. The molecule has 0 saturated heterocycles. The number of hydrogen-bond acceptors (Lipinski definition) is 6. The van der Waals surface area contributed by atoms with Gasteiger partial charge >= 0.3 is 0 Å². The largest absolute Gasteiger partial charge is 0.503 e. The molecule has 0 fully saturated rings. The van der Waals surface area contributed by atoms with Crippen LogP contribution in [0.5, 0.6) is 5.75 Å². The normalized spacial score (nSPS) is 18.8. The number of pyridine rings is 1. The molecule has 0 aliphatic carbocycles. The summed E-state index contributed by atoms with van der Waals surface area (Å²) in [5.41, 5.74) is 1.43. The lowest BCUT2D eigenvalue weighted by Crippen LogP contribution is -2.47. The first-order valence-electron chi connectivity index (χ1n) is 9.62. The Morgan fingerprint density at radius 3 is 2.71 bits per heavy atom. The molecule has 6 nitrogen and oxygen atoms in total. The van der Waals surface area contributed by atoms with Crippen molar-refractivity contribution in [2.24, 2.45) is 5.16 Å². The van der Waals surface area contributed by atoms with Crippen LogP contribution in [0.2, 0.25) is 0 Å². The van der Waals surface area contributed by atoms with Crippen LogP contribution in [0, 0.1) is 11.6 Å². The lowest BCUT2D eigenvalue weighted by Gasteiger charge is -2.40. The Morgan fingerprint density at radius 2 is 1.90 bits per heavy atom. The minimum absolute atomic E-state index is 0.0831. The maximum atomic E-state index is 14.8. The summed E-state index contributed by atoms with van der Waals surface area (Å²) in [4.78, 5) is 13.0. The molecule has 0 unspecified atom stereocenters. The number of rotatable bonds is 1. The Morgan fingerprint density at radius 1 is 1.10 bits per heavy atom. The first-order chi connectivity index (χ1) is 15.0. The van der Waals surface area contributed by atoms with Gasteiger partial charge in [0.2, 0.25) is 5.43 Å². The van der Waals surface area contributed by atoms with Crippen LogP contribution in [0.4, 0.5) is 8.78 Å². The molecule has 31 heavy (non-hydrogen) atoms. The zero-order valence-electron chi connectivity index (χ0n) is 16.1. The third-order valence-electron chi connectivity index (χ3n) is 5.71. The fourth-order valence-electron chi connectivity index (χ4n) is 4.28. The van der Waals surface area contributed by atoms with Gasteiger partial charge in [-0.1, -0.05) is 29.4 Å². The third kappa shape index (κ3) is 2.99. The van der Waals surface area contributed by atoms with Crippen molar-refractivity contribution >= 4 is 17.5 Å². The Hall–Kier alpha value is -3.33. The van der Waals surface area contributed by atoms with E-state index < -0.39 is 28.9 Å². The molecule has 2 N–H and O–H groups in total. The molecule has 2 aliphatic heterocycles. The second-order valence-electron chi connectivity index (χ2n) is 7.34. The highest BCUT2D eigenvalue weighted by molar-refractivity contribution is 7.98. The van der Waals surface area contributed by atoms with Crippen LogP contribution in [-0.4, -0.2) is 27.2 Å². The summed E-state index contributed by atoms with van der Waals surface area (Å²) in [5.74, 6) is -2.03. The summed E-state index contributed by atoms with van der Waals surface area (Å²) >= 11 is 1.43. The van der Waals surface area contributed by atoms with Crippen LogP contribution >= 0.6 is 11.8 Å². The van der Waals surface area contributed by atoms with E-state index in [2.05, 4.69) is 5.16 Å². The summed E-state index contributed by atoms with van der Waals surface area (Å²) in [6, 6.07) is 11.0. The Balaban J connectivity index is 1.79. The number of halogens is 2. The van der Waals surface area contributed by atoms with Gasteiger partial charge in [-0.05, 0) is 23.3 Å². The van der Waals surface area contributed by atoms with Crippen molar-refractivity contribution in [2.75, 3.05) is 11.6 Å². The molecule has 0 bridgehead atoms. The van der Waals surface area contributed by atoms with Crippen LogP contribution < -0.4 is 10.4 Å². The molecule has 0 saturated carbocycles. The van der Waals surface area contributed by atoms with E-state index in [9.17, 15) is 23.9 Å². The van der Waals surface area contributed by atoms with E-state index >= 15 is 0 Å². The fraction of sp³-hybridized carbons (Fsp3) is 0.182. The van der Waals surface area contributed by atoms with Crippen LogP contribution in [0.1, 0.15) is 34.8 Å². The maximum absolute atomic E-state index is 14.8. The fourth-order valence-corrected chi connectivity index (χ4v) is 5.40. The van der Waals surface area contributed by atoms with E-state index in [-0.39, 0.29) is 29.1 Å². The van der Waals surface area contributed by atoms with Crippen molar-refractivity contribution in [2.45, 2.75) is 23.1 Å². The number of oxime groups is 1. The van der Waals surface area contributed by atoms with Crippen molar-refractivity contribution < 1.29 is 19.1 Å². The summed E-state index contributed by atoms with van der Waals surface area (Å²) in [7, 11) is 0. The molecule has 3 heterocycles. The van der Waals surface area contributed by atoms with Gasteiger partial charge in [0.15, 0.2) is 17.4 Å². The molecule has 158 valence electrons. The summed E-state index contributed by atoms with van der Waals surface area (Å²) in [6.07, 6.45) is 1.74. The molecular formula is C22H17F2N3O3S. The third-order valence-corrected chi connectivity index (χ3v) is 6.83. The van der Waals surface area contributed by atoms with Gasteiger partial charge in [0.05, 0.1) is 6.04 Å². The van der Waals surface area contributed by atoms with Crippen molar-refractivity contribution in [3.63, 3.8) is 0 Å². The number of aromatic nitrogens is 1. The highest BCUT2D eigenvalue weighted by Gasteiger charge is 2.35. The maximum Gasteiger partial charge on any atom is 0.224 e. The molecule has 2 aliphatic rings. The van der Waals surface area contributed by atoms with Gasteiger partial charge in [-0.2, -0.15) is 0 Å². The zero-order chi connectivity index (χ0) is 21.7. The van der Waals surface area contributed by atoms with E-state index in [0.29, 0.717) is 12.1 Å². The molecular weight excluding hydrogens is 424 g/mol. The van der Waals surface area contributed by atoms with Crippen LogP contribution in [0.15, 0.2) is 63.5 Å². The molecule has 1 atom stereocenters. The van der Waals surface area contributed by atoms with Crippen LogP contribution in [-0.2, 0) is 5.75 Å². The SMILES string of the molecule is O=c1ccn2c(c1O)C(=NO)CCN2[C@@H]1c2ccccc2SCc2c1ccc(F)c2F. The minimum Gasteiger partial charge on any atom is -0.503 e. The Bertz CT molecular complexity index is 1290. The van der Waals surface area contributed by atoms with Gasteiger partial charge in [-0.3, -0.25) is 9.47 Å². The van der Waals surface area contributed by atoms with Gasteiger partial charge in [0.1, 0.15) is 11.4 Å². The van der Waals surface area contributed by atoms with E-state index in [1.165, 1.54) is 24.0 Å². The predicted octanol–water partition coefficient (Wildman–Crippen LogP) is 3.75. The van der Waals surface area contributed by atoms with Crippen molar-refractivity contribution in [3.8, 4) is 5.75 Å². The van der Waals surface area contributed by atoms with Crippen molar-refractivity contribution in [1.29, 1.82) is 0 Å². The zero-order valence-corrected chi connectivity index (χ0v) is 16.9. The molecule has 0 spiro atoms. The molecule has 0 amide bonds. The first kappa shape index (κ1) is 19.6. The average Bonchev–Trinajstić information content (AvgIpc) is 2.95. The highest BCUT2D eigenvalue weighted by Crippen LogP contribution is 2.43. The predicted molar refractivity (Wildman–Crippen MR) is 113 cm³/mol. The molecule has 3 aromatic rings. The quantitative estimate of drug-likeness (QED) is 0.444. The van der Waals surface area contributed by atoms with Gasteiger partial charge < -0.3 is 15.3 Å². The van der Waals surface area contributed by atoms with E-state index in [4.69, 9.17) is 0 Å². The van der Waals surface area contributed by atoms with Gasteiger partial charge in [-0.15, -0.1) is 11.8 Å². The van der Waals surface area contributed by atoms with Crippen LogP contribution in [0.3, 0.4) is 0 Å². The summed E-state index contributed by atoms with van der Waals surface area (Å²) < 4.78 is 30.4. The Labute approximate surface area is 180 Å². The smallest absolute Gasteiger partial charge is 0.224 e. The van der Waals surface area contributed by atoms with Gasteiger partial charge in [0, 0.05) is 41.4 Å². The molecule has 0 radical (unpaired) electrons. The first-order valence-corrected chi connectivity index (χ1v) is 10.6. The summed E-state index contributed by atoms with van der Waals surface area (Å²) in [6.45, 7) is 0.358. The van der Waals surface area contributed by atoms with Crippen molar-refractivity contribution in [3.05, 3.63) is 92.9 Å². The van der Waals surface area contributed by atoms with E-state index in [1.807, 2.05) is 29.3 Å². The summed E-state index contributed by atoms with van der Waals surface area (Å²) in [5, 5.41) is 25.0. The van der Waals surface area contributed by atoms with Crippen LogP contribution in [0.25, 0.3) is 0 Å². The average molecular weight is 441 g/mol. The van der Waals surface area contributed by atoms with E-state index in [1.54, 1.807) is 10.7 Å². The highest BCUT2D eigenvalue weighted by atomic mass is 32.2. The second-order valence-corrected chi connectivity index (χ2v) is 8.36. The number of thioether (sulfide) groups is 1. The van der Waals surface area contributed by atoms with Gasteiger partial charge in [-0.25, -0.2) is 8.78 Å². The second kappa shape index (κ2) is 7.42. The topological polar surface area (TPSA) is 78.1 Å². The Kier molecular flexibility index (Phi) is 4.70. The number of nitrogens with zero attached hydrogens (tertiary/aromatic N) is 3. The molecule has 2 aromatic carbocycles.